The summed E-state index contributed by atoms with van der Waals surface area (Å²) in [6.45, 7) is 3.70. The number of rotatable bonds is 37. The number of hydrogen-bond donors (Lipinski definition) is 3. The minimum Gasteiger partial charge on any atom is -0.756 e. The van der Waals surface area contributed by atoms with Gasteiger partial charge in [-0.1, -0.05) is 152 Å². The van der Waals surface area contributed by atoms with Crippen molar-refractivity contribution in [1.29, 1.82) is 0 Å². The highest BCUT2D eigenvalue weighted by Crippen LogP contribution is 2.38. The highest BCUT2D eigenvalue weighted by atomic mass is 31.2. The Morgan fingerprint density at radius 1 is 0.643 bits per heavy atom. The number of hydrogen-bond acceptors (Lipinski definition) is 11. The van der Waals surface area contributed by atoms with Gasteiger partial charge in [-0.2, -0.15) is 0 Å². The van der Waals surface area contributed by atoms with Crippen molar-refractivity contribution < 1.29 is 57.4 Å². The Kier molecular flexibility index (Phi) is 33.5. The molecule has 0 amide bonds. The number of esters is 2. The molecular formula is C43H78NO11P. The molecule has 0 bridgehead atoms. The normalized spacial score (nSPS) is 15.8. The molecule has 12 nitrogen and oxygen atoms in total. The number of carbonyl (C=O) groups is 2. The average molecular weight is 816 g/mol. The van der Waals surface area contributed by atoms with E-state index in [0.29, 0.717) is 17.4 Å². The van der Waals surface area contributed by atoms with Crippen LogP contribution in [0.1, 0.15) is 142 Å². The van der Waals surface area contributed by atoms with Crippen LogP contribution in [0.4, 0.5) is 0 Å². The number of phosphoric ester groups is 1. The number of ether oxygens (including phenoxy) is 2. The molecule has 0 aromatic heterocycles. The van der Waals surface area contributed by atoms with E-state index in [-0.39, 0.29) is 32.3 Å². The monoisotopic (exact) mass is 816 g/mol. The standard InChI is InChI=1S/C43H78NO11P/c1-6-8-10-11-12-13-14-15-16-17-22-26-32-43(49)55-39(37-54-56(50,51)53-35-34-44(3,4)5)36-52-42(48)33-27-31-41(47)40(46)30-25-21-19-18-20-24-29-38(45)28-23-9-7-2/h18-21,24-25,29-30,38-41,45-47H,6-17,22-23,26-28,31-37H2,1-5H3/b20-18-,21-19+,29-24+,30-25+/t38-,39-,40-,41-/m1/s1. The van der Waals surface area contributed by atoms with Crippen LogP contribution < -0.4 is 4.89 Å². The fraction of sp³-hybridized carbons (Fsp3) is 0.767. The molecule has 0 aromatic carbocycles. The Hall–Kier alpha value is -2.15. The number of carbonyl (C=O) groups excluding carboxylic acids is 2. The van der Waals surface area contributed by atoms with Gasteiger partial charge in [-0.15, -0.1) is 0 Å². The summed E-state index contributed by atoms with van der Waals surface area (Å²) in [7, 11) is 0.973. The summed E-state index contributed by atoms with van der Waals surface area (Å²) >= 11 is 0. The molecular weight excluding hydrogens is 737 g/mol. The van der Waals surface area contributed by atoms with Gasteiger partial charge in [-0.3, -0.25) is 14.2 Å². The lowest BCUT2D eigenvalue weighted by Crippen LogP contribution is -2.37. The molecule has 326 valence electrons. The van der Waals surface area contributed by atoms with Crippen LogP contribution in [-0.4, -0.2) is 104 Å². The maximum absolute atomic E-state index is 12.6. The van der Waals surface area contributed by atoms with Crippen molar-refractivity contribution in [3.05, 3.63) is 48.6 Å². The van der Waals surface area contributed by atoms with Gasteiger partial charge in [-0.05, 0) is 25.7 Å². The van der Waals surface area contributed by atoms with E-state index in [1.807, 2.05) is 21.1 Å². The van der Waals surface area contributed by atoms with Crippen LogP contribution in [0.5, 0.6) is 0 Å². The average Bonchev–Trinajstić information content (AvgIpc) is 3.13. The third-order valence-electron chi connectivity index (χ3n) is 8.97. The fourth-order valence-corrected chi connectivity index (χ4v) is 6.18. The van der Waals surface area contributed by atoms with Crippen molar-refractivity contribution in [1.82, 2.24) is 0 Å². The van der Waals surface area contributed by atoms with Crippen LogP contribution in [0.25, 0.3) is 0 Å². The Bertz CT molecular complexity index is 1150. The van der Waals surface area contributed by atoms with Gasteiger partial charge < -0.3 is 43.2 Å². The zero-order valence-corrected chi connectivity index (χ0v) is 36.3. The van der Waals surface area contributed by atoms with Crippen molar-refractivity contribution in [2.75, 3.05) is 47.5 Å². The maximum atomic E-state index is 12.6. The van der Waals surface area contributed by atoms with E-state index < -0.39 is 57.4 Å². The fourth-order valence-electron chi connectivity index (χ4n) is 5.45. The lowest BCUT2D eigenvalue weighted by atomic mass is 10.0. The molecule has 0 radical (unpaired) electrons. The molecule has 0 saturated heterocycles. The zero-order valence-electron chi connectivity index (χ0n) is 35.4. The number of likely N-dealkylation sites (N-methyl/N-ethyl adjacent to an activating group) is 1. The number of allylic oxidation sites excluding steroid dienone is 6. The van der Waals surface area contributed by atoms with Gasteiger partial charge in [0.05, 0.1) is 46.1 Å². The number of quaternary nitrogens is 1. The molecule has 0 rings (SSSR count). The van der Waals surface area contributed by atoms with Crippen molar-refractivity contribution in [2.45, 2.75) is 167 Å². The first kappa shape index (κ1) is 53.9. The highest BCUT2D eigenvalue weighted by Gasteiger charge is 2.22. The first-order valence-electron chi connectivity index (χ1n) is 21.2. The molecule has 0 aliphatic carbocycles. The zero-order chi connectivity index (χ0) is 41.9. The number of unbranched alkanes of at least 4 members (excludes halogenated alkanes) is 13. The summed E-state index contributed by atoms with van der Waals surface area (Å²) in [5.74, 6) is -1.17. The van der Waals surface area contributed by atoms with Crippen LogP contribution in [0, 0.1) is 0 Å². The van der Waals surface area contributed by atoms with E-state index in [2.05, 4.69) is 13.8 Å². The Balaban J connectivity index is 4.72. The molecule has 13 heteroatoms. The summed E-state index contributed by atoms with van der Waals surface area (Å²) in [4.78, 5) is 37.5. The number of nitrogens with zero attached hydrogens (tertiary/aromatic N) is 1. The molecule has 3 N–H and O–H groups in total. The smallest absolute Gasteiger partial charge is 0.306 e. The number of phosphoric acid groups is 1. The third-order valence-corrected chi connectivity index (χ3v) is 9.93. The molecule has 5 atom stereocenters. The molecule has 0 heterocycles. The quantitative estimate of drug-likeness (QED) is 0.0184. The number of aliphatic hydroxyl groups excluding tert-OH is 3. The highest BCUT2D eigenvalue weighted by molar-refractivity contribution is 7.45. The predicted molar refractivity (Wildman–Crippen MR) is 222 cm³/mol. The SMILES string of the molecule is CCCCCCCCCCCCCCC(=O)O[C@H](COC(=O)CCC[C@@H](O)[C@H](O)/C=C/C=C/C=C\C=C\[C@H](O)CCCCC)COP(=O)([O-])OCC[N+](C)(C)C. The summed E-state index contributed by atoms with van der Waals surface area (Å²) in [5, 5.41) is 30.5. The van der Waals surface area contributed by atoms with Gasteiger partial charge in [0.15, 0.2) is 6.10 Å². The Morgan fingerprint density at radius 3 is 1.75 bits per heavy atom. The second-order valence-electron chi connectivity index (χ2n) is 15.6. The summed E-state index contributed by atoms with van der Waals surface area (Å²) < 4.78 is 33.5. The van der Waals surface area contributed by atoms with Crippen molar-refractivity contribution in [3.63, 3.8) is 0 Å². The van der Waals surface area contributed by atoms with Crippen LogP contribution >= 0.6 is 7.82 Å². The topological polar surface area (TPSA) is 172 Å². The molecule has 0 fully saturated rings. The van der Waals surface area contributed by atoms with Crippen LogP contribution in [0.15, 0.2) is 48.6 Å². The van der Waals surface area contributed by atoms with Crippen LogP contribution in [0.2, 0.25) is 0 Å². The minimum atomic E-state index is -4.70. The van der Waals surface area contributed by atoms with E-state index in [4.69, 9.17) is 18.5 Å². The molecule has 0 aliphatic rings. The van der Waals surface area contributed by atoms with Crippen molar-refractivity contribution >= 4 is 19.8 Å². The van der Waals surface area contributed by atoms with Gasteiger partial charge in [0, 0.05) is 12.8 Å². The van der Waals surface area contributed by atoms with Crippen molar-refractivity contribution in [2.24, 2.45) is 0 Å². The first-order valence-corrected chi connectivity index (χ1v) is 22.6. The van der Waals surface area contributed by atoms with E-state index in [9.17, 15) is 34.4 Å². The largest absolute Gasteiger partial charge is 0.756 e. The molecule has 0 aliphatic heterocycles. The van der Waals surface area contributed by atoms with E-state index in [1.165, 1.54) is 57.4 Å². The maximum Gasteiger partial charge on any atom is 0.306 e. The van der Waals surface area contributed by atoms with E-state index in [0.717, 1.165) is 44.9 Å². The summed E-state index contributed by atoms with van der Waals surface area (Å²) in [6, 6.07) is 0. The van der Waals surface area contributed by atoms with Gasteiger partial charge in [0.25, 0.3) is 7.82 Å². The lowest BCUT2D eigenvalue weighted by molar-refractivity contribution is -0.870. The van der Waals surface area contributed by atoms with E-state index >= 15 is 0 Å². The second kappa shape index (κ2) is 34.9. The van der Waals surface area contributed by atoms with Gasteiger partial charge in [0.1, 0.15) is 19.8 Å². The summed E-state index contributed by atoms with van der Waals surface area (Å²) in [6.07, 6.45) is 28.0. The van der Waals surface area contributed by atoms with Crippen LogP contribution in [-0.2, 0) is 32.7 Å². The molecule has 0 saturated carbocycles. The van der Waals surface area contributed by atoms with Crippen molar-refractivity contribution in [3.8, 4) is 0 Å². The van der Waals surface area contributed by atoms with Gasteiger partial charge in [0.2, 0.25) is 0 Å². The number of aliphatic hydroxyl groups is 3. The van der Waals surface area contributed by atoms with Crippen LogP contribution in [0.3, 0.4) is 0 Å². The second-order valence-corrected chi connectivity index (χ2v) is 17.0. The Labute approximate surface area is 339 Å². The van der Waals surface area contributed by atoms with Gasteiger partial charge >= 0.3 is 11.9 Å². The predicted octanol–water partition coefficient (Wildman–Crippen LogP) is 7.80. The molecule has 56 heavy (non-hydrogen) atoms. The summed E-state index contributed by atoms with van der Waals surface area (Å²) in [5.41, 5.74) is 0. The minimum absolute atomic E-state index is 0.0758. The molecule has 0 aromatic rings. The Morgan fingerprint density at radius 2 is 1.16 bits per heavy atom. The third kappa shape index (κ3) is 36.2. The molecule has 1 unspecified atom stereocenters. The lowest BCUT2D eigenvalue weighted by Gasteiger charge is -2.28. The van der Waals surface area contributed by atoms with E-state index in [1.54, 1.807) is 42.5 Å². The van der Waals surface area contributed by atoms with Gasteiger partial charge in [-0.25, -0.2) is 0 Å². The first-order chi connectivity index (χ1) is 26.7. The molecule has 0 spiro atoms.